The maximum Gasteiger partial charge on any atom is 0.243 e. The first-order valence-corrected chi connectivity index (χ1v) is 9.38. The molecule has 7 heteroatoms. The number of sulfonamides is 1. The van der Waals surface area contributed by atoms with Gasteiger partial charge in [-0.3, -0.25) is 4.79 Å². The third-order valence-electron chi connectivity index (χ3n) is 4.26. The lowest BCUT2D eigenvalue weighted by Crippen LogP contribution is -2.46. The van der Waals surface area contributed by atoms with Crippen LogP contribution in [0.1, 0.15) is 26.7 Å². The predicted octanol–water partition coefficient (Wildman–Crippen LogP) is 2.09. The molecule has 1 aromatic rings. The minimum Gasteiger partial charge on any atom is -0.343 e. The molecule has 0 aromatic heterocycles. The highest BCUT2D eigenvalue weighted by molar-refractivity contribution is 7.89. The molecule has 0 radical (unpaired) electrons. The third-order valence-corrected chi connectivity index (χ3v) is 6.14. The standard InChI is InChI=1S/C16H23FN2O3S/c1-3-18(4-2)16(20)13-6-5-11-19(12-13)23(21,22)15-9-7-14(17)8-10-15/h7-10,13H,3-6,11-12H2,1-2H3/t13-/m1/s1. The van der Waals surface area contributed by atoms with Gasteiger partial charge < -0.3 is 4.90 Å². The monoisotopic (exact) mass is 342 g/mol. The van der Waals surface area contributed by atoms with Crippen molar-refractivity contribution >= 4 is 15.9 Å². The van der Waals surface area contributed by atoms with Crippen molar-refractivity contribution in [3.8, 4) is 0 Å². The van der Waals surface area contributed by atoms with Crippen molar-refractivity contribution in [3.63, 3.8) is 0 Å². The Morgan fingerprint density at radius 3 is 2.43 bits per heavy atom. The molecule has 0 N–H and O–H groups in total. The fourth-order valence-corrected chi connectivity index (χ4v) is 4.44. The second-order valence-corrected chi connectivity index (χ2v) is 7.60. The molecule has 1 fully saturated rings. The molecule has 5 nitrogen and oxygen atoms in total. The van der Waals surface area contributed by atoms with Crippen LogP contribution in [0.4, 0.5) is 4.39 Å². The van der Waals surface area contributed by atoms with Crippen LogP contribution in [0.5, 0.6) is 0 Å². The lowest BCUT2D eigenvalue weighted by molar-refractivity contribution is -0.136. The van der Waals surface area contributed by atoms with Crippen molar-refractivity contribution in [1.82, 2.24) is 9.21 Å². The van der Waals surface area contributed by atoms with Crippen molar-refractivity contribution in [2.75, 3.05) is 26.2 Å². The van der Waals surface area contributed by atoms with E-state index in [4.69, 9.17) is 0 Å². The van der Waals surface area contributed by atoms with Gasteiger partial charge in [0, 0.05) is 26.2 Å². The average Bonchev–Trinajstić information content (AvgIpc) is 2.56. The molecule has 23 heavy (non-hydrogen) atoms. The number of benzene rings is 1. The number of carbonyl (C=O) groups excluding carboxylic acids is 1. The van der Waals surface area contributed by atoms with Crippen LogP contribution in [0.3, 0.4) is 0 Å². The second kappa shape index (κ2) is 7.40. The van der Waals surface area contributed by atoms with E-state index in [2.05, 4.69) is 0 Å². The number of nitrogens with zero attached hydrogens (tertiary/aromatic N) is 2. The molecule has 1 aromatic carbocycles. The van der Waals surface area contributed by atoms with Gasteiger partial charge in [-0.1, -0.05) is 0 Å². The second-order valence-electron chi connectivity index (χ2n) is 5.67. The Bertz CT molecular complexity index is 642. The Balaban J connectivity index is 2.17. The predicted molar refractivity (Wildman–Crippen MR) is 85.8 cm³/mol. The molecule has 0 spiro atoms. The van der Waals surface area contributed by atoms with E-state index in [1.165, 1.54) is 16.4 Å². The average molecular weight is 342 g/mol. The molecule has 128 valence electrons. The molecule has 1 aliphatic rings. The van der Waals surface area contributed by atoms with Gasteiger partial charge in [-0.2, -0.15) is 4.31 Å². The summed E-state index contributed by atoms with van der Waals surface area (Å²) in [7, 11) is -3.69. The van der Waals surface area contributed by atoms with Gasteiger partial charge in [0.15, 0.2) is 0 Å². The zero-order valence-corrected chi connectivity index (χ0v) is 14.4. The van der Waals surface area contributed by atoms with Crippen LogP contribution in [0.15, 0.2) is 29.2 Å². The summed E-state index contributed by atoms with van der Waals surface area (Å²) in [5.74, 6) is -0.773. The first-order valence-electron chi connectivity index (χ1n) is 7.94. The first kappa shape index (κ1) is 17.9. The van der Waals surface area contributed by atoms with Crippen molar-refractivity contribution in [1.29, 1.82) is 0 Å². The normalized spacial score (nSPS) is 19.5. The van der Waals surface area contributed by atoms with E-state index in [1.54, 1.807) is 4.90 Å². The fourth-order valence-electron chi connectivity index (χ4n) is 2.91. The number of hydrogen-bond donors (Lipinski definition) is 0. The summed E-state index contributed by atoms with van der Waals surface area (Å²) < 4.78 is 39.6. The maximum absolute atomic E-state index is 13.0. The van der Waals surface area contributed by atoms with Crippen LogP contribution >= 0.6 is 0 Å². The van der Waals surface area contributed by atoms with Crippen LogP contribution in [0, 0.1) is 11.7 Å². The third kappa shape index (κ3) is 3.90. The van der Waals surface area contributed by atoms with E-state index in [1.807, 2.05) is 13.8 Å². The van der Waals surface area contributed by atoms with Crippen LogP contribution in [0.2, 0.25) is 0 Å². The van der Waals surface area contributed by atoms with Crippen LogP contribution in [-0.2, 0) is 14.8 Å². The number of piperidine rings is 1. The Morgan fingerprint density at radius 1 is 1.26 bits per heavy atom. The van der Waals surface area contributed by atoms with Crippen molar-refractivity contribution < 1.29 is 17.6 Å². The number of amides is 1. The van der Waals surface area contributed by atoms with Gasteiger partial charge in [0.2, 0.25) is 15.9 Å². The summed E-state index contributed by atoms with van der Waals surface area (Å²) in [6.45, 7) is 5.65. The van der Waals surface area contributed by atoms with E-state index in [0.29, 0.717) is 32.5 Å². The van der Waals surface area contributed by atoms with E-state index < -0.39 is 15.8 Å². The number of carbonyl (C=O) groups is 1. The lowest BCUT2D eigenvalue weighted by atomic mass is 9.98. The van der Waals surface area contributed by atoms with Crippen molar-refractivity contribution in [2.45, 2.75) is 31.6 Å². The zero-order valence-electron chi connectivity index (χ0n) is 13.5. The number of halogens is 1. The van der Waals surface area contributed by atoms with Crippen LogP contribution in [-0.4, -0.2) is 49.7 Å². The quantitative estimate of drug-likeness (QED) is 0.823. The van der Waals surface area contributed by atoms with Gasteiger partial charge in [-0.15, -0.1) is 0 Å². The molecule has 0 saturated carbocycles. The molecule has 0 unspecified atom stereocenters. The molecular formula is C16H23FN2O3S. The highest BCUT2D eigenvalue weighted by Gasteiger charge is 2.34. The number of hydrogen-bond acceptors (Lipinski definition) is 3. The maximum atomic E-state index is 13.0. The summed E-state index contributed by atoms with van der Waals surface area (Å²) >= 11 is 0. The molecule has 1 atom stereocenters. The highest BCUT2D eigenvalue weighted by atomic mass is 32.2. The lowest BCUT2D eigenvalue weighted by Gasteiger charge is -2.33. The fraction of sp³-hybridized carbons (Fsp3) is 0.562. The van der Waals surface area contributed by atoms with E-state index in [9.17, 15) is 17.6 Å². The van der Waals surface area contributed by atoms with Gasteiger partial charge in [-0.25, -0.2) is 12.8 Å². The Hall–Kier alpha value is -1.47. The number of rotatable bonds is 5. The van der Waals surface area contributed by atoms with Crippen LogP contribution < -0.4 is 0 Å². The Morgan fingerprint density at radius 2 is 1.87 bits per heavy atom. The minimum absolute atomic E-state index is 0.00834. The van der Waals surface area contributed by atoms with Gasteiger partial charge >= 0.3 is 0 Å². The molecule has 1 saturated heterocycles. The van der Waals surface area contributed by atoms with Crippen LogP contribution in [0.25, 0.3) is 0 Å². The molecular weight excluding hydrogens is 319 g/mol. The molecule has 1 aliphatic heterocycles. The van der Waals surface area contributed by atoms with Gasteiger partial charge in [0.05, 0.1) is 10.8 Å². The largest absolute Gasteiger partial charge is 0.343 e. The van der Waals surface area contributed by atoms with Crippen molar-refractivity contribution in [3.05, 3.63) is 30.1 Å². The van der Waals surface area contributed by atoms with E-state index >= 15 is 0 Å². The summed E-state index contributed by atoms with van der Waals surface area (Å²) in [5.41, 5.74) is 0. The summed E-state index contributed by atoms with van der Waals surface area (Å²) in [4.78, 5) is 14.3. The highest BCUT2D eigenvalue weighted by Crippen LogP contribution is 2.25. The first-order chi connectivity index (χ1) is 10.9. The molecule has 1 amide bonds. The molecule has 0 bridgehead atoms. The molecule has 1 heterocycles. The Labute approximate surface area is 137 Å². The summed E-state index contributed by atoms with van der Waals surface area (Å²) in [6.07, 6.45) is 1.35. The molecule has 0 aliphatic carbocycles. The van der Waals surface area contributed by atoms with Gasteiger partial charge in [0.1, 0.15) is 5.82 Å². The Kier molecular flexibility index (Phi) is 5.75. The minimum atomic E-state index is -3.69. The topological polar surface area (TPSA) is 57.7 Å². The summed E-state index contributed by atoms with van der Waals surface area (Å²) in [6, 6.07) is 4.80. The summed E-state index contributed by atoms with van der Waals surface area (Å²) in [5, 5.41) is 0. The SMILES string of the molecule is CCN(CC)C(=O)[C@@H]1CCCN(S(=O)(=O)c2ccc(F)cc2)C1. The van der Waals surface area contributed by atoms with E-state index in [-0.39, 0.29) is 23.3 Å². The zero-order chi connectivity index (χ0) is 17.0. The van der Waals surface area contributed by atoms with Gasteiger partial charge in [-0.05, 0) is 51.0 Å². The molecule has 2 rings (SSSR count). The van der Waals surface area contributed by atoms with Crippen molar-refractivity contribution in [2.24, 2.45) is 5.92 Å². The van der Waals surface area contributed by atoms with Gasteiger partial charge in [0.25, 0.3) is 0 Å². The van der Waals surface area contributed by atoms with E-state index in [0.717, 1.165) is 12.1 Å². The smallest absolute Gasteiger partial charge is 0.243 e.